The summed E-state index contributed by atoms with van der Waals surface area (Å²) in [7, 11) is 0. The van der Waals surface area contributed by atoms with Gasteiger partial charge in [0.2, 0.25) is 11.8 Å². The zero-order valence-electron chi connectivity index (χ0n) is 16.3. The second kappa shape index (κ2) is 6.06. The molecule has 0 saturated heterocycles. The number of rotatable bonds is 2. The van der Waals surface area contributed by atoms with Crippen LogP contribution >= 0.6 is 0 Å². The molecule has 4 atom stereocenters. The maximum atomic E-state index is 13.3. The molecule has 5 rings (SSSR count). The minimum atomic E-state index is -0.402. The largest absolute Gasteiger partial charge is 0.308 e. The third-order valence-electron chi connectivity index (χ3n) is 6.44. The van der Waals surface area contributed by atoms with Gasteiger partial charge >= 0.3 is 0 Å². The highest BCUT2D eigenvalue weighted by Gasteiger charge is 2.57. The minimum Gasteiger partial charge on any atom is -0.308 e. The van der Waals surface area contributed by atoms with Crippen molar-refractivity contribution in [2.75, 3.05) is 9.80 Å². The van der Waals surface area contributed by atoms with Gasteiger partial charge in [-0.3, -0.25) is 9.59 Å². The quantitative estimate of drug-likeness (QED) is 0.754. The second-order valence-electron chi connectivity index (χ2n) is 8.31. The SMILES string of the molecule is C=C1[C@H](C(=O)N2c3ccccc3C[C@@H]2C)[C@@H]1C(=O)N1c2ccccc2C[C@@H]1C. The normalized spacial score (nSPS) is 27.6. The van der Waals surface area contributed by atoms with Gasteiger partial charge in [-0.2, -0.15) is 0 Å². The van der Waals surface area contributed by atoms with E-state index in [9.17, 15) is 9.59 Å². The van der Waals surface area contributed by atoms with Crippen molar-refractivity contribution in [1.29, 1.82) is 0 Å². The van der Waals surface area contributed by atoms with E-state index in [1.807, 2.05) is 46.2 Å². The molecule has 142 valence electrons. The van der Waals surface area contributed by atoms with E-state index in [-0.39, 0.29) is 23.9 Å². The summed E-state index contributed by atoms with van der Waals surface area (Å²) >= 11 is 0. The monoisotopic (exact) mass is 372 g/mol. The Hall–Kier alpha value is -2.88. The van der Waals surface area contributed by atoms with Crippen molar-refractivity contribution in [3.63, 3.8) is 0 Å². The number of hydrogen-bond acceptors (Lipinski definition) is 2. The van der Waals surface area contributed by atoms with Crippen molar-refractivity contribution in [3.05, 3.63) is 71.8 Å². The number of carbonyl (C=O) groups is 2. The van der Waals surface area contributed by atoms with Crippen LogP contribution in [-0.4, -0.2) is 23.9 Å². The van der Waals surface area contributed by atoms with Crippen molar-refractivity contribution in [2.45, 2.75) is 38.8 Å². The highest BCUT2D eigenvalue weighted by atomic mass is 16.2. The van der Waals surface area contributed by atoms with Crippen LogP contribution in [-0.2, 0) is 22.4 Å². The van der Waals surface area contributed by atoms with E-state index in [1.165, 1.54) is 11.1 Å². The average Bonchev–Trinajstić information content (AvgIpc) is 3.05. The molecule has 4 heteroatoms. The van der Waals surface area contributed by atoms with Gasteiger partial charge in [0.15, 0.2) is 0 Å². The Morgan fingerprint density at radius 1 is 0.786 bits per heavy atom. The Morgan fingerprint density at radius 2 is 1.18 bits per heavy atom. The molecule has 1 aliphatic carbocycles. The van der Waals surface area contributed by atoms with E-state index in [0.717, 1.165) is 29.8 Å². The molecule has 1 saturated carbocycles. The molecule has 0 unspecified atom stereocenters. The van der Waals surface area contributed by atoms with Gasteiger partial charge in [0, 0.05) is 23.5 Å². The van der Waals surface area contributed by atoms with Crippen LogP contribution in [0.25, 0.3) is 0 Å². The fourth-order valence-corrected chi connectivity index (χ4v) is 5.02. The fourth-order valence-electron chi connectivity index (χ4n) is 5.02. The van der Waals surface area contributed by atoms with Gasteiger partial charge in [0.1, 0.15) is 0 Å². The topological polar surface area (TPSA) is 40.6 Å². The van der Waals surface area contributed by atoms with Gasteiger partial charge in [-0.05, 0) is 49.9 Å². The van der Waals surface area contributed by atoms with E-state index in [2.05, 4.69) is 32.6 Å². The molecule has 1 fully saturated rings. The summed E-state index contributed by atoms with van der Waals surface area (Å²) < 4.78 is 0. The summed E-state index contributed by atoms with van der Waals surface area (Å²) in [6.45, 7) is 8.22. The molecule has 0 aromatic heterocycles. The first-order valence-electron chi connectivity index (χ1n) is 9.99. The molecule has 4 nitrogen and oxygen atoms in total. The first-order valence-corrected chi connectivity index (χ1v) is 9.99. The van der Waals surface area contributed by atoms with Gasteiger partial charge in [-0.15, -0.1) is 0 Å². The summed E-state index contributed by atoms with van der Waals surface area (Å²) in [5, 5.41) is 0. The van der Waals surface area contributed by atoms with Crippen LogP contribution in [0, 0.1) is 11.8 Å². The van der Waals surface area contributed by atoms with E-state index in [0.29, 0.717) is 0 Å². The molecule has 0 radical (unpaired) electrons. The van der Waals surface area contributed by atoms with Crippen LogP contribution in [0.1, 0.15) is 25.0 Å². The maximum Gasteiger partial charge on any atom is 0.235 e. The highest BCUT2D eigenvalue weighted by molar-refractivity contribution is 6.11. The van der Waals surface area contributed by atoms with Crippen molar-refractivity contribution >= 4 is 23.2 Å². The maximum absolute atomic E-state index is 13.3. The van der Waals surface area contributed by atoms with Crippen LogP contribution in [0.5, 0.6) is 0 Å². The van der Waals surface area contributed by atoms with Crippen molar-refractivity contribution < 1.29 is 9.59 Å². The van der Waals surface area contributed by atoms with E-state index < -0.39 is 11.8 Å². The van der Waals surface area contributed by atoms with Gasteiger partial charge < -0.3 is 9.80 Å². The molecular weight excluding hydrogens is 348 g/mol. The zero-order valence-corrected chi connectivity index (χ0v) is 16.3. The average molecular weight is 372 g/mol. The lowest BCUT2D eigenvalue weighted by atomic mass is 10.1. The van der Waals surface area contributed by atoms with Crippen LogP contribution in [0.2, 0.25) is 0 Å². The molecule has 3 aliphatic rings. The first-order chi connectivity index (χ1) is 13.5. The molecule has 2 heterocycles. The molecule has 2 aliphatic heterocycles. The molecule has 28 heavy (non-hydrogen) atoms. The summed E-state index contributed by atoms with van der Waals surface area (Å²) in [6.07, 6.45) is 1.71. The van der Waals surface area contributed by atoms with E-state index in [1.54, 1.807) is 0 Å². The van der Waals surface area contributed by atoms with Gasteiger partial charge in [0.25, 0.3) is 0 Å². The molecule has 2 aromatic carbocycles. The third-order valence-corrected chi connectivity index (χ3v) is 6.44. The Morgan fingerprint density at radius 3 is 1.61 bits per heavy atom. The number of benzene rings is 2. The Bertz CT molecular complexity index is 932. The van der Waals surface area contributed by atoms with E-state index >= 15 is 0 Å². The zero-order chi connectivity index (χ0) is 19.6. The number of fused-ring (bicyclic) bond motifs is 2. The number of carbonyl (C=O) groups excluding carboxylic acids is 2. The molecule has 2 amide bonds. The van der Waals surface area contributed by atoms with Crippen molar-refractivity contribution in [2.24, 2.45) is 11.8 Å². The predicted octanol–water partition coefficient (Wildman–Crippen LogP) is 3.74. The Balaban J connectivity index is 1.40. The Labute approximate surface area is 165 Å². The smallest absolute Gasteiger partial charge is 0.235 e. The van der Waals surface area contributed by atoms with Crippen LogP contribution in [0.3, 0.4) is 0 Å². The van der Waals surface area contributed by atoms with Crippen LogP contribution < -0.4 is 9.80 Å². The van der Waals surface area contributed by atoms with Crippen LogP contribution in [0.4, 0.5) is 11.4 Å². The predicted molar refractivity (Wildman–Crippen MR) is 110 cm³/mol. The summed E-state index contributed by atoms with van der Waals surface area (Å²) in [5.41, 5.74) is 5.10. The number of nitrogens with zero attached hydrogens (tertiary/aromatic N) is 2. The summed E-state index contributed by atoms with van der Waals surface area (Å²) in [5.74, 6) is -0.774. The summed E-state index contributed by atoms with van der Waals surface area (Å²) in [4.78, 5) is 30.4. The third kappa shape index (κ3) is 2.37. The van der Waals surface area contributed by atoms with Crippen molar-refractivity contribution in [3.8, 4) is 0 Å². The van der Waals surface area contributed by atoms with Crippen LogP contribution in [0.15, 0.2) is 60.7 Å². The minimum absolute atomic E-state index is 0.0148. The highest BCUT2D eigenvalue weighted by Crippen LogP contribution is 2.50. The van der Waals surface area contributed by atoms with E-state index in [4.69, 9.17) is 0 Å². The molecular formula is C24H24N2O2. The number of para-hydroxylation sites is 2. The number of hydrogen-bond donors (Lipinski definition) is 0. The standard InChI is InChI=1S/C24H24N2O2/c1-14-12-17-8-4-6-10-19(17)25(14)23(27)21-16(3)22(21)24(28)26-15(2)13-18-9-5-7-11-20(18)26/h4-11,14-15,21-22H,3,12-13H2,1-2H3/t14-,15-,21-,22+/m0/s1. The van der Waals surface area contributed by atoms with Crippen molar-refractivity contribution in [1.82, 2.24) is 0 Å². The first kappa shape index (κ1) is 17.2. The van der Waals surface area contributed by atoms with Gasteiger partial charge in [-0.1, -0.05) is 48.6 Å². The van der Waals surface area contributed by atoms with Gasteiger partial charge in [-0.25, -0.2) is 0 Å². The molecule has 0 spiro atoms. The fraction of sp³-hybridized carbons (Fsp3) is 0.333. The molecule has 0 N–H and O–H groups in total. The lowest BCUT2D eigenvalue weighted by Gasteiger charge is -2.24. The molecule has 2 aromatic rings. The lowest BCUT2D eigenvalue weighted by molar-refractivity contribution is -0.124. The van der Waals surface area contributed by atoms with Gasteiger partial charge in [0.05, 0.1) is 11.8 Å². The number of amides is 2. The second-order valence-corrected chi connectivity index (χ2v) is 8.31. The lowest BCUT2D eigenvalue weighted by Crippen LogP contribution is -2.40. The summed E-state index contributed by atoms with van der Waals surface area (Å²) in [6, 6.07) is 16.3. The molecule has 0 bridgehead atoms. The Kier molecular flexibility index (Phi) is 3.73. The number of anilines is 2.